The molecule has 6 N–H and O–H groups in total. The normalized spacial score (nSPS) is 26.5. The average molecular weight is 598 g/mol. The van der Waals surface area contributed by atoms with Gasteiger partial charge in [0, 0.05) is 5.39 Å². The summed E-state index contributed by atoms with van der Waals surface area (Å²) in [5, 5.41) is 25.2. The van der Waals surface area contributed by atoms with Crippen molar-refractivity contribution in [1.82, 2.24) is 9.97 Å². The fourth-order valence-electron chi connectivity index (χ4n) is 5.31. The number of Topliss-reactive ketones (excluding diaryl/α,β-unsaturated/α-hetero) is 1. The molecular formula is C24H26ClN3O9P2. The van der Waals surface area contributed by atoms with Crippen LogP contribution in [0.3, 0.4) is 0 Å². The van der Waals surface area contributed by atoms with E-state index in [2.05, 4.69) is 27.4 Å². The highest BCUT2D eigenvalue weighted by Gasteiger charge is 2.50. The van der Waals surface area contributed by atoms with Crippen molar-refractivity contribution in [2.45, 2.75) is 37.0 Å². The van der Waals surface area contributed by atoms with Crippen LogP contribution < -0.4 is 5.32 Å². The number of carbonyl (C=O) groups excluding carboxylic acids is 1. The van der Waals surface area contributed by atoms with Crippen molar-refractivity contribution >= 4 is 49.3 Å². The lowest BCUT2D eigenvalue weighted by Gasteiger charge is -2.18. The molecule has 5 rings (SSSR count). The highest BCUT2D eigenvalue weighted by molar-refractivity contribution is 7.70. The molecule has 39 heavy (non-hydrogen) atoms. The number of anilines is 1. The predicted octanol–water partition coefficient (Wildman–Crippen LogP) is 2.72. The molecule has 1 aromatic heterocycles. The Labute approximate surface area is 227 Å². The first kappa shape index (κ1) is 28.3. The molecule has 0 radical (unpaired) electrons. The van der Waals surface area contributed by atoms with Crippen molar-refractivity contribution in [2.24, 2.45) is 5.92 Å². The third kappa shape index (κ3) is 5.95. The monoisotopic (exact) mass is 597 g/mol. The van der Waals surface area contributed by atoms with E-state index in [1.165, 1.54) is 11.1 Å². The predicted molar refractivity (Wildman–Crippen MR) is 142 cm³/mol. The van der Waals surface area contributed by atoms with Crippen molar-refractivity contribution in [3.8, 4) is 0 Å². The highest BCUT2D eigenvalue weighted by atomic mass is 35.5. The highest BCUT2D eigenvalue weighted by Crippen LogP contribution is 2.56. The molecule has 1 heterocycles. The quantitative estimate of drug-likeness (QED) is 0.164. The van der Waals surface area contributed by atoms with E-state index in [0.717, 1.165) is 12.8 Å². The molecule has 0 bridgehead atoms. The summed E-state index contributed by atoms with van der Waals surface area (Å²) < 4.78 is 27.8. The molecular weight excluding hydrogens is 572 g/mol. The van der Waals surface area contributed by atoms with Crippen molar-refractivity contribution < 1.29 is 43.3 Å². The van der Waals surface area contributed by atoms with Gasteiger partial charge in [-0.3, -0.25) is 13.9 Å². The van der Waals surface area contributed by atoms with Gasteiger partial charge < -0.3 is 34.7 Å². The van der Waals surface area contributed by atoms with Crippen LogP contribution in [0, 0.1) is 5.92 Å². The van der Waals surface area contributed by atoms with E-state index in [1.54, 1.807) is 18.2 Å². The van der Waals surface area contributed by atoms with Crippen LogP contribution in [0.1, 0.15) is 35.1 Å². The van der Waals surface area contributed by atoms with E-state index in [1.807, 2.05) is 12.1 Å². The van der Waals surface area contributed by atoms with E-state index in [4.69, 9.17) is 25.9 Å². The van der Waals surface area contributed by atoms with Crippen LogP contribution in [0.25, 0.3) is 10.9 Å². The molecule has 2 unspecified atom stereocenters. The van der Waals surface area contributed by atoms with Crippen LogP contribution in [0.4, 0.5) is 5.82 Å². The second kappa shape index (κ2) is 10.6. The number of aliphatic hydroxyl groups excluding tert-OH is 2. The number of nitrogens with one attached hydrogen (secondary N) is 1. The lowest BCUT2D eigenvalue weighted by Crippen LogP contribution is -2.30. The van der Waals surface area contributed by atoms with Crippen molar-refractivity contribution in [3.63, 3.8) is 0 Å². The van der Waals surface area contributed by atoms with Gasteiger partial charge in [-0.2, -0.15) is 0 Å². The Morgan fingerprint density at radius 1 is 1.05 bits per heavy atom. The van der Waals surface area contributed by atoms with Crippen LogP contribution in [-0.2, 0) is 24.9 Å². The number of aromatic nitrogens is 2. The fourth-order valence-corrected chi connectivity index (χ4v) is 8.07. The maximum absolute atomic E-state index is 13.1. The van der Waals surface area contributed by atoms with Crippen LogP contribution in [0.2, 0.25) is 5.28 Å². The Balaban J connectivity index is 1.38. The number of aliphatic hydroxyl groups is 2. The first-order valence-electron chi connectivity index (χ1n) is 12.1. The van der Waals surface area contributed by atoms with Gasteiger partial charge in [-0.1, -0.05) is 30.3 Å². The molecule has 15 heteroatoms. The fraction of sp³-hybridized carbons (Fsp3) is 0.375. The van der Waals surface area contributed by atoms with Crippen LogP contribution in [0.15, 0.2) is 42.5 Å². The summed E-state index contributed by atoms with van der Waals surface area (Å²) in [5.74, 6) is -4.19. The van der Waals surface area contributed by atoms with Gasteiger partial charge in [0.15, 0.2) is 11.7 Å². The average Bonchev–Trinajstić information content (AvgIpc) is 3.34. The van der Waals surface area contributed by atoms with E-state index in [0.29, 0.717) is 22.3 Å². The summed E-state index contributed by atoms with van der Waals surface area (Å²) in [6, 6.07) is 13.0. The number of ketones is 1. The van der Waals surface area contributed by atoms with Gasteiger partial charge in [0.2, 0.25) is 5.28 Å². The summed E-state index contributed by atoms with van der Waals surface area (Å²) in [6.07, 6.45) is -1.40. The Morgan fingerprint density at radius 2 is 1.79 bits per heavy atom. The number of benzene rings is 2. The first-order valence-corrected chi connectivity index (χ1v) is 16.0. The summed E-state index contributed by atoms with van der Waals surface area (Å²) in [7, 11) is -9.63. The van der Waals surface area contributed by atoms with E-state index in [-0.39, 0.29) is 11.3 Å². The third-order valence-electron chi connectivity index (χ3n) is 7.09. The van der Waals surface area contributed by atoms with E-state index >= 15 is 0 Å². The molecule has 2 aromatic carbocycles. The first-order chi connectivity index (χ1) is 18.3. The largest absolute Gasteiger partial charge is 0.390 e. The van der Waals surface area contributed by atoms with Crippen LogP contribution in [-0.4, -0.2) is 65.4 Å². The summed E-state index contributed by atoms with van der Waals surface area (Å²) in [4.78, 5) is 49.4. The molecule has 1 saturated carbocycles. The molecule has 2 aliphatic carbocycles. The Hall–Kier alpha value is -2.24. The molecule has 2 aliphatic rings. The zero-order valence-electron chi connectivity index (χ0n) is 20.3. The second-order valence-electron chi connectivity index (χ2n) is 9.76. The van der Waals surface area contributed by atoms with E-state index < -0.39 is 57.5 Å². The van der Waals surface area contributed by atoms with Crippen molar-refractivity contribution in [2.75, 3.05) is 17.8 Å². The van der Waals surface area contributed by atoms with Crippen molar-refractivity contribution in [1.29, 1.82) is 0 Å². The molecule has 3 aromatic rings. The number of nitrogens with zero attached hydrogens (tertiary/aromatic N) is 2. The summed E-state index contributed by atoms with van der Waals surface area (Å²) in [6.45, 7) is -0.806. The maximum atomic E-state index is 13.1. The number of fused-ring (bicyclic) bond motifs is 2. The minimum Gasteiger partial charge on any atom is -0.390 e. The number of halogens is 1. The van der Waals surface area contributed by atoms with Crippen LogP contribution in [0.5, 0.6) is 0 Å². The molecule has 0 saturated heterocycles. The van der Waals surface area contributed by atoms with Gasteiger partial charge >= 0.3 is 15.2 Å². The summed E-state index contributed by atoms with van der Waals surface area (Å²) in [5.41, 5.74) is 3.16. The molecule has 0 spiro atoms. The molecule has 6 atom stereocenters. The minimum atomic E-state index is -4.87. The number of hydrogen-bond donors (Lipinski definition) is 6. The van der Waals surface area contributed by atoms with Gasteiger partial charge in [-0.05, 0) is 53.3 Å². The van der Waals surface area contributed by atoms with E-state index in [9.17, 15) is 29.0 Å². The van der Waals surface area contributed by atoms with Gasteiger partial charge in [0.1, 0.15) is 5.82 Å². The topological polar surface area (TPSA) is 199 Å². The second-order valence-corrected chi connectivity index (χ2v) is 14.1. The Kier molecular flexibility index (Phi) is 7.71. The van der Waals surface area contributed by atoms with Crippen LogP contribution >= 0.6 is 26.8 Å². The van der Waals surface area contributed by atoms with Crippen molar-refractivity contribution in [3.05, 3.63) is 64.4 Å². The number of aryl methyl sites for hydroxylation is 1. The minimum absolute atomic E-state index is 0.0252. The van der Waals surface area contributed by atoms with Gasteiger partial charge in [-0.15, -0.1) is 0 Å². The lowest BCUT2D eigenvalue weighted by molar-refractivity contribution is -0.124. The SMILES string of the molecule is O=C1[C@H](COP(=O)(O)CP(=O)(O)O)[C@H](O)[C@H](O)[C@@H]1c1ccc2c(NC3CCc4ccccc43)nc(Cl)nc2c1. The molecule has 0 aliphatic heterocycles. The Bertz CT molecular complexity index is 1530. The van der Waals surface area contributed by atoms with Gasteiger partial charge in [-0.25, -0.2) is 9.97 Å². The zero-order valence-corrected chi connectivity index (χ0v) is 22.8. The Morgan fingerprint density at radius 3 is 2.54 bits per heavy atom. The zero-order chi connectivity index (χ0) is 28.1. The smallest absolute Gasteiger partial charge is 0.340 e. The maximum Gasteiger partial charge on any atom is 0.340 e. The number of rotatable bonds is 8. The number of hydrogen-bond acceptors (Lipinski definition) is 9. The van der Waals surface area contributed by atoms with Gasteiger partial charge in [0.05, 0.1) is 42.2 Å². The standard InChI is InChI=1S/C24H26ClN3O9P2/c25-24-27-18-9-13(5-7-15(18)23(28-24)26-17-8-6-12-3-1-2-4-14(12)17)19-20(29)16(21(30)22(19)31)10-37-39(35,36)11-38(32,33)34/h1-5,7,9,16-17,19,21-22,30-31H,6,8,10-11H2,(H,35,36)(H,26,27,28)(H2,32,33,34)/t16-,17?,19+,21-,22+/m0/s1. The lowest BCUT2D eigenvalue weighted by atomic mass is 9.93. The summed E-state index contributed by atoms with van der Waals surface area (Å²) >= 11 is 6.21. The molecule has 12 nitrogen and oxygen atoms in total. The van der Waals surface area contributed by atoms with Gasteiger partial charge in [0.25, 0.3) is 0 Å². The number of carbonyl (C=O) groups is 1. The molecule has 208 valence electrons. The molecule has 0 amide bonds. The third-order valence-corrected chi connectivity index (χ3v) is 10.7. The molecule has 1 fully saturated rings.